The van der Waals surface area contributed by atoms with Crippen LogP contribution in [0.1, 0.15) is 31.7 Å². The third kappa shape index (κ3) is 2.98. The predicted octanol–water partition coefficient (Wildman–Crippen LogP) is 2.21. The van der Waals surface area contributed by atoms with E-state index in [4.69, 9.17) is 5.73 Å². The molecule has 0 heterocycles. The van der Waals surface area contributed by atoms with E-state index in [-0.39, 0.29) is 17.4 Å². The van der Waals surface area contributed by atoms with E-state index < -0.39 is 0 Å². The molecule has 2 unspecified atom stereocenters. The van der Waals surface area contributed by atoms with Crippen LogP contribution in [-0.4, -0.2) is 30.4 Å². The molecule has 1 aromatic carbocycles. The highest BCUT2D eigenvalue weighted by molar-refractivity contribution is 5.83. The molecule has 0 saturated heterocycles. The van der Waals surface area contributed by atoms with E-state index in [1.54, 1.807) is 0 Å². The van der Waals surface area contributed by atoms with Crippen LogP contribution in [-0.2, 0) is 11.2 Å². The lowest BCUT2D eigenvalue weighted by Crippen LogP contribution is -2.48. The van der Waals surface area contributed by atoms with Crippen LogP contribution >= 0.6 is 0 Å². The van der Waals surface area contributed by atoms with Crippen LogP contribution in [0.15, 0.2) is 30.3 Å². The van der Waals surface area contributed by atoms with Crippen molar-refractivity contribution in [3.05, 3.63) is 35.9 Å². The monoisotopic (exact) mass is 260 g/mol. The summed E-state index contributed by atoms with van der Waals surface area (Å²) in [6.45, 7) is 2.77. The van der Waals surface area contributed by atoms with Gasteiger partial charge in [0.25, 0.3) is 0 Å². The van der Waals surface area contributed by atoms with Gasteiger partial charge in [0.1, 0.15) is 0 Å². The molecular formula is C16H24N2O. The van der Waals surface area contributed by atoms with Gasteiger partial charge in [-0.05, 0) is 31.7 Å². The van der Waals surface area contributed by atoms with Crippen LogP contribution in [0, 0.1) is 5.41 Å². The summed E-state index contributed by atoms with van der Waals surface area (Å²) in [4.78, 5) is 14.4. The molecule has 1 aliphatic carbocycles. The van der Waals surface area contributed by atoms with Crippen LogP contribution in [0.25, 0.3) is 0 Å². The van der Waals surface area contributed by atoms with Crippen molar-refractivity contribution < 1.29 is 4.79 Å². The lowest BCUT2D eigenvalue weighted by atomic mass is 9.83. The first-order valence-electron chi connectivity index (χ1n) is 7.09. The number of nitrogens with zero attached hydrogens (tertiary/aromatic N) is 1. The van der Waals surface area contributed by atoms with Crippen molar-refractivity contribution >= 4 is 5.91 Å². The molecular weight excluding hydrogens is 236 g/mol. The third-order valence-corrected chi connectivity index (χ3v) is 4.44. The highest BCUT2D eigenvalue weighted by Crippen LogP contribution is 2.38. The van der Waals surface area contributed by atoms with Gasteiger partial charge in [0.2, 0.25) is 5.91 Å². The summed E-state index contributed by atoms with van der Waals surface area (Å²) >= 11 is 0. The zero-order chi connectivity index (χ0) is 13.9. The zero-order valence-electron chi connectivity index (χ0n) is 11.9. The average Bonchev–Trinajstić information content (AvgIpc) is 2.77. The van der Waals surface area contributed by atoms with Crippen molar-refractivity contribution in [2.24, 2.45) is 11.1 Å². The maximum absolute atomic E-state index is 12.5. The third-order valence-electron chi connectivity index (χ3n) is 4.44. The Hall–Kier alpha value is -1.35. The minimum atomic E-state index is -0.356. The van der Waals surface area contributed by atoms with Gasteiger partial charge in [0, 0.05) is 19.6 Å². The largest absolute Gasteiger partial charge is 0.345 e. The maximum atomic E-state index is 12.5. The molecule has 0 aliphatic heterocycles. The maximum Gasteiger partial charge on any atom is 0.229 e. The van der Waals surface area contributed by atoms with Gasteiger partial charge in [-0.1, -0.05) is 36.8 Å². The molecule has 0 bridgehead atoms. The molecule has 1 saturated carbocycles. The van der Waals surface area contributed by atoms with Crippen molar-refractivity contribution in [2.45, 2.75) is 38.6 Å². The Morgan fingerprint density at radius 3 is 2.68 bits per heavy atom. The molecule has 3 nitrogen and oxygen atoms in total. The summed E-state index contributed by atoms with van der Waals surface area (Å²) in [5.74, 6) is 0.202. The molecule has 1 aliphatic rings. The molecule has 104 valence electrons. The molecule has 19 heavy (non-hydrogen) atoms. The summed E-state index contributed by atoms with van der Waals surface area (Å²) in [5, 5.41) is 0. The smallest absolute Gasteiger partial charge is 0.229 e. The first-order valence-corrected chi connectivity index (χ1v) is 7.09. The summed E-state index contributed by atoms with van der Waals surface area (Å²) in [5.41, 5.74) is 7.02. The molecule has 1 fully saturated rings. The van der Waals surface area contributed by atoms with Gasteiger partial charge in [-0.3, -0.25) is 4.79 Å². The number of carbonyl (C=O) groups is 1. The molecule has 1 aromatic rings. The van der Waals surface area contributed by atoms with Crippen molar-refractivity contribution in [1.29, 1.82) is 0 Å². The minimum Gasteiger partial charge on any atom is -0.345 e. The Bertz CT molecular complexity index is 432. The van der Waals surface area contributed by atoms with Crippen LogP contribution in [0.2, 0.25) is 0 Å². The second-order valence-electron chi connectivity index (χ2n) is 5.88. The topological polar surface area (TPSA) is 46.3 Å². The number of hydrogen-bond donors (Lipinski definition) is 1. The Morgan fingerprint density at radius 1 is 1.42 bits per heavy atom. The molecule has 1 amide bonds. The summed E-state index contributed by atoms with van der Waals surface area (Å²) in [7, 11) is 1.89. The highest BCUT2D eigenvalue weighted by atomic mass is 16.2. The molecule has 3 heteroatoms. The van der Waals surface area contributed by atoms with E-state index in [0.29, 0.717) is 0 Å². The fourth-order valence-corrected chi connectivity index (χ4v) is 2.94. The molecule has 2 rings (SSSR count). The number of likely N-dealkylation sites (N-methyl/N-ethyl adjacent to an activating group) is 1. The van der Waals surface area contributed by atoms with Crippen molar-refractivity contribution in [1.82, 2.24) is 4.90 Å². The van der Waals surface area contributed by atoms with Gasteiger partial charge in [-0.25, -0.2) is 0 Å². The number of nitrogens with two attached hydrogens (primary N) is 1. The summed E-state index contributed by atoms with van der Waals surface area (Å²) in [6, 6.07) is 10.3. The van der Waals surface area contributed by atoms with E-state index in [9.17, 15) is 4.79 Å². The van der Waals surface area contributed by atoms with Gasteiger partial charge in [0.05, 0.1) is 5.41 Å². The Morgan fingerprint density at radius 2 is 2.11 bits per heavy atom. The van der Waals surface area contributed by atoms with E-state index in [1.807, 2.05) is 37.1 Å². The standard InChI is InChI=1S/C16H24N2O/c1-16(11-6-9-14(16)17)15(19)18(2)12-10-13-7-4-3-5-8-13/h3-5,7-8,14H,6,9-12,17H2,1-2H3. The number of carbonyl (C=O) groups excluding carboxylic acids is 1. The Kier molecular flexibility index (Phi) is 4.25. The number of hydrogen-bond acceptors (Lipinski definition) is 2. The number of benzene rings is 1. The van der Waals surface area contributed by atoms with Gasteiger partial charge in [-0.2, -0.15) is 0 Å². The second kappa shape index (κ2) is 5.74. The first-order chi connectivity index (χ1) is 9.04. The summed E-state index contributed by atoms with van der Waals surface area (Å²) < 4.78 is 0. The Balaban J connectivity index is 1.93. The molecule has 0 aromatic heterocycles. The first kappa shape index (κ1) is 14.1. The predicted molar refractivity (Wildman–Crippen MR) is 77.7 cm³/mol. The van der Waals surface area contributed by atoms with Crippen LogP contribution < -0.4 is 5.73 Å². The molecule has 0 spiro atoms. The van der Waals surface area contributed by atoms with Crippen LogP contribution in [0.5, 0.6) is 0 Å². The van der Waals surface area contributed by atoms with Gasteiger partial charge < -0.3 is 10.6 Å². The fraction of sp³-hybridized carbons (Fsp3) is 0.562. The van der Waals surface area contributed by atoms with Gasteiger partial charge in [0.15, 0.2) is 0 Å². The highest BCUT2D eigenvalue weighted by Gasteiger charge is 2.44. The van der Waals surface area contributed by atoms with Crippen molar-refractivity contribution in [3.8, 4) is 0 Å². The van der Waals surface area contributed by atoms with Crippen LogP contribution in [0.4, 0.5) is 0 Å². The average molecular weight is 260 g/mol. The fourth-order valence-electron chi connectivity index (χ4n) is 2.94. The van der Waals surface area contributed by atoms with E-state index in [2.05, 4.69) is 12.1 Å². The van der Waals surface area contributed by atoms with Crippen molar-refractivity contribution in [3.63, 3.8) is 0 Å². The zero-order valence-corrected chi connectivity index (χ0v) is 11.9. The minimum absolute atomic E-state index is 0.0131. The molecule has 0 radical (unpaired) electrons. The number of rotatable bonds is 4. The van der Waals surface area contributed by atoms with E-state index >= 15 is 0 Å². The Labute approximate surface area is 115 Å². The van der Waals surface area contributed by atoms with E-state index in [0.717, 1.165) is 32.2 Å². The number of amides is 1. The lowest BCUT2D eigenvalue weighted by molar-refractivity contribution is -0.140. The molecule has 2 atom stereocenters. The van der Waals surface area contributed by atoms with Gasteiger partial charge in [-0.15, -0.1) is 0 Å². The second-order valence-corrected chi connectivity index (χ2v) is 5.88. The quantitative estimate of drug-likeness (QED) is 0.902. The van der Waals surface area contributed by atoms with Crippen molar-refractivity contribution in [2.75, 3.05) is 13.6 Å². The van der Waals surface area contributed by atoms with E-state index in [1.165, 1.54) is 5.56 Å². The normalized spacial score (nSPS) is 26.4. The SMILES string of the molecule is CN(CCc1ccccc1)C(=O)C1(C)CCCC1N. The lowest BCUT2D eigenvalue weighted by Gasteiger charge is -2.32. The summed E-state index contributed by atoms with van der Waals surface area (Å²) in [6.07, 6.45) is 3.85. The molecule has 2 N–H and O–H groups in total. The van der Waals surface area contributed by atoms with Crippen LogP contribution in [0.3, 0.4) is 0 Å². The van der Waals surface area contributed by atoms with Gasteiger partial charge >= 0.3 is 0 Å².